The number of hydrogen-bond donors (Lipinski definition) is 0. The number of halogens is 1. The molecule has 2 aliphatic rings. The van der Waals surface area contributed by atoms with Crippen LogP contribution in [0.3, 0.4) is 0 Å². The Morgan fingerprint density at radius 3 is 2.52 bits per heavy atom. The molecule has 3 heterocycles. The van der Waals surface area contributed by atoms with Crippen molar-refractivity contribution in [2.45, 2.75) is 11.3 Å². The van der Waals surface area contributed by atoms with Crippen molar-refractivity contribution in [1.82, 2.24) is 15.1 Å². The topological polar surface area (TPSA) is 78.9 Å². The molecule has 0 bridgehead atoms. The van der Waals surface area contributed by atoms with Crippen LogP contribution in [0.25, 0.3) is 0 Å². The number of carbonyl (C=O) groups is 2. The lowest BCUT2D eigenvalue weighted by Gasteiger charge is -2.36. The van der Waals surface area contributed by atoms with Gasteiger partial charge in [0.05, 0.1) is 24.7 Å². The third kappa shape index (κ3) is 5.34. The lowest BCUT2D eigenvalue weighted by atomic mass is 10.1. The zero-order valence-electron chi connectivity index (χ0n) is 17.3. The van der Waals surface area contributed by atoms with E-state index in [1.165, 1.54) is 36.1 Å². The van der Waals surface area contributed by atoms with E-state index in [0.29, 0.717) is 56.4 Å². The van der Waals surface area contributed by atoms with Crippen molar-refractivity contribution >= 4 is 45.6 Å². The first kappa shape index (κ1) is 22.0. The zero-order valence-corrected chi connectivity index (χ0v) is 18.9. The first-order chi connectivity index (χ1) is 15.0. The number of nitrogens with zero attached hydrogens (tertiary/aromatic N) is 5. The van der Waals surface area contributed by atoms with Crippen molar-refractivity contribution in [1.29, 1.82) is 0 Å². The Morgan fingerprint density at radius 1 is 1.10 bits per heavy atom. The first-order valence-electron chi connectivity index (χ1n) is 10.1. The number of benzene rings is 1. The Labute approximate surface area is 188 Å². The van der Waals surface area contributed by atoms with Gasteiger partial charge < -0.3 is 19.4 Å². The number of Topliss-reactive ketones (excluding diaryl/α,β-unsaturated/α-hetero) is 1. The van der Waals surface area contributed by atoms with Crippen LogP contribution in [0, 0.1) is 5.82 Å². The molecule has 0 aliphatic carbocycles. The van der Waals surface area contributed by atoms with Crippen LogP contribution in [-0.4, -0.2) is 85.0 Å². The van der Waals surface area contributed by atoms with Gasteiger partial charge in [-0.15, -0.1) is 10.2 Å². The molecule has 2 aliphatic heterocycles. The number of carbonyl (C=O) groups excluding carboxylic acids is 2. The second-order valence-electron chi connectivity index (χ2n) is 7.33. The summed E-state index contributed by atoms with van der Waals surface area (Å²) in [7, 11) is 0. The summed E-state index contributed by atoms with van der Waals surface area (Å²) < 4.78 is 20.5. The van der Waals surface area contributed by atoms with E-state index < -0.39 is 5.82 Å². The maximum atomic E-state index is 14.4. The Balaban J connectivity index is 1.26. The predicted octanol–water partition coefficient (Wildman–Crippen LogP) is 2.16. The van der Waals surface area contributed by atoms with Gasteiger partial charge in [0.1, 0.15) is 5.82 Å². The highest BCUT2D eigenvalue weighted by Gasteiger charge is 2.24. The summed E-state index contributed by atoms with van der Waals surface area (Å²) in [4.78, 5) is 29.9. The van der Waals surface area contributed by atoms with Crippen LogP contribution in [0.4, 0.5) is 15.2 Å². The molecule has 0 unspecified atom stereocenters. The van der Waals surface area contributed by atoms with E-state index in [1.807, 2.05) is 4.90 Å². The highest BCUT2D eigenvalue weighted by atomic mass is 32.2. The lowest BCUT2D eigenvalue weighted by molar-refractivity contribution is -0.128. The van der Waals surface area contributed by atoms with E-state index in [9.17, 15) is 14.0 Å². The monoisotopic (exact) mass is 465 g/mol. The Kier molecular flexibility index (Phi) is 7.03. The third-order valence-electron chi connectivity index (χ3n) is 5.32. The summed E-state index contributed by atoms with van der Waals surface area (Å²) in [5, 5.41) is 9.29. The molecule has 0 saturated carbocycles. The third-order valence-corrected chi connectivity index (χ3v) is 7.43. The normalized spacial score (nSPS) is 17.2. The molecule has 2 saturated heterocycles. The minimum atomic E-state index is -0.407. The van der Waals surface area contributed by atoms with E-state index in [0.717, 1.165) is 22.6 Å². The smallest absolute Gasteiger partial charge is 0.233 e. The number of anilines is 2. The number of morpholine rings is 1. The molecule has 11 heteroatoms. The van der Waals surface area contributed by atoms with Gasteiger partial charge in [-0.1, -0.05) is 23.1 Å². The van der Waals surface area contributed by atoms with Crippen molar-refractivity contribution in [2.75, 3.05) is 68.0 Å². The van der Waals surface area contributed by atoms with Crippen molar-refractivity contribution in [2.24, 2.45) is 0 Å². The number of amides is 1. The standard InChI is InChI=1S/C20H24FN5O3S2/c1-14(27)15-2-3-17(16(21)12-15)24-4-6-25(7-5-24)18(28)13-30-20-23-22-19(31-20)26-8-10-29-11-9-26/h2-3,12H,4-11,13H2,1H3. The van der Waals surface area contributed by atoms with Crippen LogP contribution in [0.5, 0.6) is 0 Å². The highest BCUT2D eigenvalue weighted by molar-refractivity contribution is 8.01. The number of ketones is 1. The number of thioether (sulfide) groups is 1. The molecule has 0 atom stereocenters. The molecular formula is C20H24FN5O3S2. The van der Waals surface area contributed by atoms with Gasteiger partial charge >= 0.3 is 0 Å². The molecule has 2 fully saturated rings. The number of aromatic nitrogens is 2. The zero-order chi connectivity index (χ0) is 21.8. The van der Waals surface area contributed by atoms with Crippen LogP contribution >= 0.6 is 23.1 Å². The molecule has 1 aromatic heterocycles. The van der Waals surface area contributed by atoms with Crippen LogP contribution in [0.15, 0.2) is 22.5 Å². The molecule has 2 aromatic rings. The van der Waals surface area contributed by atoms with E-state index in [-0.39, 0.29) is 11.7 Å². The molecule has 0 spiro atoms. The quantitative estimate of drug-likeness (QED) is 0.474. The van der Waals surface area contributed by atoms with E-state index >= 15 is 0 Å². The summed E-state index contributed by atoms with van der Waals surface area (Å²) in [6.45, 7) is 6.57. The average Bonchev–Trinajstić information content (AvgIpc) is 3.27. The lowest BCUT2D eigenvalue weighted by Crippen LogP contribution is -2.49. The molecule has 1 amide bonds. The second kappa shape index (κ2) is 9.92. The van der Waals surface area contributed by atoms with Crippen molar-refractivity contribution < 1.29 is 18.7 Å². The molecule has 0 N–H and O–H groups in total. The van der Waals surface area contributed by atoms with Gasteiger partial charge in [0.15, 0.2) is 10.1 Å². The fourth-order valence-electron chi connectivity index (χ4n) is 3.54. The Morgan fingerprint density at radius 2 is 1.84 bits per heavy atom. The maximum Gasteiger partial charge on any atom is 0.233 e. The number of hydrogen-bond acceptors (Lipinski definition) is 9. The van der Waals surface area contributed by atoms with Crippen LogP contribution < -0.4 is 9.80 Å². The molecule has 1 aromatic carbocycles. The van der Waals surface area contributed by atoms with Gasteiger partial charge in [-0.3, -0.25) is 9.59 Å². The van der Waals surface area contributed by atoms with Gasteiger partial charge in [0.2, 0.25) is 11.0 Å². The average molecular weight is 466 g/mol. The molecule has 0 radical (unpaired) electrons. The molecular weight excluding hydrogens is 441 g/mol. The maximum absolute atomic E-state index is 14.4. The summed E-state index contributed by atoms with van der Waals surface area (Å²) >= 11 is 2.90. The van der Waals surface area contributed by atoms with Crippen LogP contribution in [0.1, 0.15) is 17.3 Å². The number of piperazine rings is 1. The van der Waals surface area contributed by atoms with E-state index in [1.54, 1.807) is 17.0 Å². The molecule has 166 valence electrons. The molecule has 4 rings (SSSR count). The van der Waals surface area contributed by atoms with Gasteiger partial charge in [0, 0.05) is 44.8 Å². The van der Waals surface area contributed by atoms with E-state index in [2.05, 4.69) is 15.1 Å². The summed E-state index contributed by atoms with van der Waals surface area (Å²) in [6.07, 6.45) is 0. The van der Waals surface area contributed by atoms with Gasteiger partial charge in [-0.05, 0) is 25.1 Å². The SMILES string of the molecule is CC(=O)c1ccc(N2CCN(C(=O)CSc3nnc(N4CCOCC4)s3)CC2)c(F)c1. The predicted molar refractivity (Wildman–Crippen MR) is 119 cm³/mol. The Hall–Kier alpha value is -2.24. The molecule has 8 nitrogen and oxygen atoms in total. The van der Waals surface area contributed by atoms with Crippen molar-refractivity contribution in [3.63, 3.8) is 0 Å². The first-order valence-corrected chi connectivity index (χ1v) is 11.9. The van der Waals surface area contributed by atoms with Gasteiger partial charge in [0.25, 0.3) is 0 Å². The van der Waals surface area contributed by atoms with E-state index in [4.69, 9.17) is 4.74 Å². The number of ether oxygens (including phenoxy) is 1. The summed E-state index contributed by atoms with van der Waals surface area (Å²) in [6, 6.07) is 4.56. The Bertz CT molecular complexity index is 943. The fourth-order valence-corrected chi connectivity index (χ4v) is 5.33. The number of rotatable bonds is 6. The second-order valence-corrected chi connectivity index (χ2v) is 9.51. The largest absolute Gasteiger partial charge is 0.378 e. The minimum Gasteiger partial charge on any atom is -0.378 e. The van der Waals surface area contributed by atoms with Crippen LogP contribution in [0.2, 0.25) is 0 Å². The summed E-state index contributed by atoms with van der Waals surface area (Å²) in [5.41, 5.74) is 0.830. The van der Waals surface area contributed by atoms with Crippen LogP contribution in [-0.2, 0) is 9.53 Å². The minimum absolute atomic E-state index is 0.0418. The fraction of sp³-hybridized carbons (Fsp3) is 0.500. The van der Waals surface area contributed by atoms with Crippen molar-refractivity contribution in [3.05, 3.63) is 29.6 Å². The van der Waals surface area contributed by atoms with Gasteiger partial charge in [-0.25, -0.2) is 4.39 Å². The van der Waals surface area contributed by atoms with Gasteiger partial charge in [-0.2, -0.15) is 0 Å². The van der Waals surface area contributed by atoms with Crippen molar-refractivity contribution in [3.8, 4) is 0 Å². The highest BCUT2D eigenvalue weighted by Crippen LogP contribution is 2.29. The summed E-state index contributed by atoms with van der Waals surface area (Å²) in [5.74, 6) is -0.221. The molecule has 31 heavy (non-hydrogen) atoms.